The van der Waals surface area contributed by atoms with E-state index in [-0.39, 0.29) is 5.78 Å². The summed E-state index contributed by atoms with van der Waals surface area (Å²) in [6, 6.07) is 20.0. The minimum Gasteiger partial charge on any atom is -0.496 e. The first-order valence-electron chi connectivity index (χ1n) is 10.5. The summed E-state index contributed by atoms with van der Waals surface area (Å²) in [6.07, 6.45) is 3.40. The number of aromatic nitrogens is 2. The maximum Gasteiger partial charge on any atom is 0.189 e. The average Bonchev–Trinajstić information content (AvgIpc) is 3.07. The second kappa shape index (κ2) is 9.10. The van der Waals surface area contributed by atoms with E-state index in [9.17, 15) is 4.79 Å². The van der Waals surface area contributed by atoms with Crippen molar-refractivity contribution < 1.29 is 14.3 Å². The van der Waals surface area contributed by atoms with Crippen LogP contribution in [0.5, 0.6) is 11.5 Å². The molecule has 0 aliphatic heterocycles. The Bertz CT molecular complexity index is 1320. The number of fused-ring (bicyclic) bond motifs is 1. The molecule has 0 bridgehead atoms. The van der Waals surface area contributed by atoms with Crippen LogP contribution in [-0.4, -0.2) is 22.7 Å². The van der Waals surface area contributed by atoms with Gasteiger partial charge in [-0.05, 0) is 60.5 Å². The summed E-state index contributed by atoms with van der Waals surface area (Å²) in [4.78, 5) is 12.7. The van der Waals surface area contributed by atoms with E-state index in [2.05, 4.69) is 23.3 Å². The third-order valence-electron chi connectivity index (χ3n) is 5.60. The van der Waals surface area contributed by atoms with Gasteiger partial charge in [0.15, 0.2) is 5.78 Å². The van der Waals surface area contributed by atoms with Crippen LogP contribution in [0.1, 0.15) is 32.9 Å². The van der Waals surface area contributed by atoms with E-state index in [0.29, 0.717) is 12.2 Å². The molecule has 5 heteroatoms. The highest BCUT2D eigenvalue weighted by Crippen LogP contribution is 2.25. The van der Waals surface area contributed by atoms with Crippen molar-refractivity contribution in [3.8, 4) is 11.5 Å². The maximum atomic E-state index is 12.7. The van der Waals surface area contributed by atoms with E-state index in [4.69, 9.17) is 9.47 Å². The highest BCUT2D eigenvalue weighted by molar-refractivity contribution is 6.08. The van der Waals surface area contributed by atoms with E-state index in [1.54, 1.807) is 17.9 Å². The number of hydrogen-bond acceptors (Lipinski definition) is 4. The Balaban J connectivity index is 1.52. The molecule has 0 saturated carbocycles. The Morgan fingerprint density at radius 2 is 1.81 bits per heavy atom. The van der Waals surface area contributed by atoms with Crippen molar-refractivity contribution in [1.82, 2.24) is 9.78 Å². The summed E-state index contributed by atoms with van der Waals surface area (Å²) in [5.41, 5.74) is 4.05. The highest BCUT2D eigenvalue weighted by atomic mass is 16.5. The average molecular weight is 427 g/mol. The Hall–Kier alpha value is -3.86. The molecule has 0 amide bonds. The van der Waals surface area contributed by atoms with Crippen molar-refractivity contribution >= 4 is 22.6 Å². The lowest BCUT2D eigenvalue weighted by molar-refractivity contribution is 0.104. The molecule has 0 unspecified atom stereocenters. The fourth-order valence-electron chi connectivity index (χ4n) is 3.82. The molecule has 0 atom stereocenters. The van der Waals surface area contributed by atoms with E-state index < -0.39 is 0 Å². The van der Waals surface area contributed by atoms with Crippen molar-refractivity contribution in [2.45, 2.75) is 20.5 Å². The number of hydrogen-bond donors (Lipinski definition) is 0. The van der Waals surface area contributed by atoms with E-state index >= 15 is 0 Å². The minimum atomic E-state index is -0.0575. The third kappa shape index (κ3) is 4.42. The van der Waals surface area contributed by atoms with Gasteiger partial charge >= 0.3 is 0 Å². The van der Waals surface area contributed by atoms with Crippen LogP contribution < -0.4 is 9.47 Å². The van der Waals surface area contributed by atoms with Gasteiger partial charge in [-0.15, -0.1) is 0 Å². The molecule has 0 aliphatic carbocycles. The molecule has 5 nitrogen and oxygen atoms in total. The molecular formula is C27H26N2O3. The molecule has 0 spiro atoms. The first kappa shape index (κ1) is 21.4. The van der Waals surface area contributed by atoms with Crippen LogP contribution in [0.3, 0.4) is 0 Å². The van der Waals surface area contributed by atoms with Crippen molar-refractivity contribution in [2.75, 3.05) is 7.11 Å². The topological polar surface area (TPSA) is 53.3 Å². The molecular weight excluding hydrogens is 400 g/mol. The van der Waals surface area contributed by atoms with E-state index in [1.165, 1.54) is 5.39 Å². The fraction of sp³-hybridized carbons (Fsp3) is 0.185. The number of allylic oxidation sites excluding steroid dienone is 1. The van der Waals surface area contributed by atoms with Crippen molar-refractivity contribution in [3.63, 3.8) is 0 Å². The summed E-state index contributed by atoms with van der Waals surface area (Å²) in [6.45, 7) is 4.11. The number of carbonyl (C=O) groups is 1. The molecule has 0 aliphatic rings. The SMILES string of the molecule is COc1ccc(/C=C/C(=O)c2c(C)nn(C)c2C)cc1COc1ccc2ccccc2c1. The Kier molecular flexibility index (Phi) is 6.08. The lowest BCUT2D eigenvalue weighted by atomic mass is 10.1. The zero-order valence-electron chi connectivity index (χ0n) is 18.8. The molecule has 0 N–H and O–H groups in total. The van der Waals surface area contributed by atoms with Crippen molar-refractivity contribution in [2.24, 2.45) is 7.05 Å². The molecule has 0 saturated heterocycles. The number of benzene rings is 3. The molecule has 1 heterocycles. The number of nitrogens with zero attached hydrogens (tertiary/aromatic N) is 2. The smallest absolute Gasteiger partial charge is 0.189 e. The van der Waals surface area contributed by atoms with Gasteiger partial charge in [0.05, 0.1) is 18.4 Å². The van der Waals surface area contributed by atoms with Gasteiger partial charge in [-0.1, -0.05) is 42.5 Å². The number of rotatable bonds is 7. The van der Waals surface area contributed by atoms with Crippen LogP contribution in [0.2, 0.25) is 0 Å². The lowest BCUT2D eigenvalue weighted by Crippen LogP contribution is -2.00. The third-order valence-corrected chi connectivity index (χ3v) is 5.60. The molecule has 3 aromatic carbocycles. The predicted molar refractivity (Wildman–Crippen MR) is 127 cm³/mol. The zero-order chi connectivity index (χ0) is 22.7. The van der Waals surface area contributed by atoms with Crippen LogP contribution in [-0.2, 0) is 13.7 Å². The summed E-state index contributed by atoms with van der Waals surface area (Å²) < 4.78 is 13.3. The highest BCUT2D eigenvalue weighted by Gasteiger charge is 2.15. The van der Waals surface area contributed by atoms with Gasteiger partial charge in [-0.25, -0.2) is 0 Å². The van der Waals surface area contributed by atoms with Crippen LogP contribution in [0.15, 0.2) is 66.7 Å². The van der Waals surface area contributed by atoms with Gasteiger partial charge in [0, 0.05) is 18.3 Å². The lowest BCUT2D eigenvalue weighted by Gasteiger charge is -2.12. The van der Waals surface area contributed by atoms with Crippen molar-refractivity contribution in [1.29, 1.82) is 0 Å². The van der Waals surface area contributed by atoms with E-state index in [1.807, 2.05) is 69.4 Å². The fourth-order valence-corrected chi connectivity index (χ4v) is 3.82. The van der Waals surface area contributed by atoms with Gasteiger partial charge in [-0.3, -0.25) is 9.48 Å². The van der Waals surface area contributed by atoms with Crippen LogP contribution in [0, 0.1) is 13.8 Å². The normalized spacial score (nSPS) is 11.2. The van der Waals surface area contributed by atoms with Gasteiger partial charge in [0.1, 0.15) is 18.1 Å². The maximum absolute atomic E-state index is 12.7. The van der Waals surface area contributed by atoms with Crippen LogP contribution in [0.25, 0.3) is 16.8 Å². The monoisotopic (exact) mass is 426 g/mol. The number of ketones is 1. The Labute approximate surface area is 187 Å². The quantitative estimate of drug-likeness (QED) is 0.282. The summed E-state index contributed by atoms with van der Waals surface area (Å²) in [5.74, 6) is 1.48. The first-order valence-corrected chi connectivity index (χ1v) is 10.5. The summed E-state index contributed by atoms with van der Waals surface area (Å²) in [7, 11) is 3.48. The number of methoxy groups -OCH3 is 1. The Morgan fingerprint density at radius 1 is 1.03 bits per heavy atom. The summed E-state index contributed by atoms with van der Waals surface area (Å²) in [5, 5.41) is 6.63. The van der Waals surface area contributed by atoms with Gasteiger partial charge in [0.2, 0.25) is 0 Å². The predicted octanol–water partition coefficient (Wildman–Crippen LogP) is 5.67. The molecule has 4 rings (SSSR count). The van der Waals surface area contributed by atoms with E-state index in [0.717, 1.165) is 39.4 Å². The second-order valence-electron chi connectivity index (χ2n) is 7.74. The van der Waals surface area contributed by atoms with Gasteiger partial charge in [0.25, 0.3) is 0 Å². The largest absolute Gasteiger partial charge is 0.496 e. The summed E-state index contributed by atoms with van der Waals surface area (Å²) >= 11 is 0. The molecule has 0 fully saturated rings. The molecule has 4 aromatic rings. The second-order valence-corrected chi connectivity index (χ2v) is 7.74. The Morgan fingerprint density at radius 3 is 2.53 bits per heavy atom. The molecule has 1 aromatic heterocycles. The van der Waals surface area contributed by atoms with Crippen LogP contribution >= 0.6 is 0 Å². The molecule has 162 valence electrons. The first-order chi connectivity index (χ1) is 15.5. The molecule has 32 heavy (non-hydrogen) atoms. The number of carbonyl (C=O) groups excluding carboxylic acids is 1. The van der Waals surface area contributed by atoms with Crippen molar-refractivity contribution in [3.05, 3.63) is 94.8 Å². The standard InChI is InChI=1S/C27H26N2O3/c1-18-27(19(2)29(3)28-18)25(30)13-9-20-10-14-26(31-4)23(15-20)17-32-24-12-11-21-7-5-6-8-22(21)16-24/h5-16H,17H2,1-4H3/b13-9+. The van der Waals surface area contributed by atoms with Crippen LogP contribution in [0.4, 0.5) is 0 Å². The number of ether oxygens (including phenoxy) is 2. The van der Waals surface area contributed by atoms with Gasteiger partial charge < -0.3 is 9.47 Å². The van der Waals surface area contributed by atoms with Gasteiger partial charge in [-0.2, -0.15) is 5.10 Å². The zero-order valence-corrected chi connectivity index (χ0v) is 18.8. The minimum absolute atomic E-state index is 0.0575. The molecule has 0 radical (unpaired) electrons. The number of aryl methyl sites for hydroxylation is 2.